The van der Waals surface area contributed by atoms with Gasteiger partial charge in [0.15, 0.2) is 0 Å². The molecule has 1 saturated carbocycles. The standard InChI is InChI=1S/C15H22Cl2N2S/c1-10(13-7-14(16)20-15(13)17)19(8-11-4-5-11)9-12-3-2-6-18-12/h7,10-12,18H,2-6,8-9H2,1H3. The van der Waals surface area contributed by atoms with Crippen molar-refractivity contribution in [3.63, 3.8) is 0 Å². The summed E-state index contributed by atoms with van der Waals surface area (Å²) < 4.78 is 1.64. The van der Waals surface area contributed by atoms with Crippen LogP contribution in [0.1, 0.15) is 44.2 Å². The minimum Gasteiger partial charge on any atom is -0.313 e. The van der Waals surface area contributed by atoms with Gasteiger partial charge in [-0.25, -0.2) is 0 Å². The van der Waals surface area contributed by atoms with Gasteiger partial charge in [0.25, 0.3) is 0 Å². The maximum atomic E-state index is 6.34. The third kappa shape index (κ3) is 3.69. The van der Waals surface area contributed by atoms with Gasteiger partial charge in [-0.1, -0.05) is 23.2 Å². The molecule has 2 unspecified atom stereocenters. The van der Waals surface area contributed by atoms with Crippen molar-refractivity contribution >= 4 is 34.5 Å². The molecule has 20 heavy (non-hydrogen) atoms. The second kappa shape index (κ2) is 6.53. The van der Waals surface area contributed by atoms with Gasteiger partial charge in [0, 0.05) is 30.7 Å². The first kappa shape index (κ1) is 15.1. The zero-order valence-electron chi connectivity index (χ0n) is 11.9. The number of nitrogens with zero attached hydrogens (tertiary/aromatic N) is 1. The van der Waals surface area contributed by atoms with Crippen LogP contribution in [0.3, 0.4) is 0 Å². The van der Waals surface area contributed by atoms with Crippen molar-refractivity contribution in [3.05, 3.63) is 20.3 Å². The van der Waals surface area contributed by atoms with Crippen molar-refractivity contribution in [1.82, 2.24) is 10.2 Å². The quantitative estimate of drug-likeness (QED) is 0.820. The van der Waals surface area contributed by atoms with E-state index in [1.165, 1.54) is 55.7 Å². The summed E-state index contributed by atoms with van der Waals surface area (Å²) in [7, 11) is 0. The smallest absolute Gasteiger partial charge is 0.0991 e. The Labute approximate surface area is 135 Å². The van der Waals surface area contributed by atoms with Crippen molar-refractivity contribution in [2.45, 2.75) is 44.7 Å². The van der Waals surface area contributed by atoms with Crippen molar-refractivity contribution < 1.29 is 0 Å². The maximum Gasteiger partial charge on any atom is 0.0991 e. The highest BCUT2D eigenvalue weighted by atomic mass is 35.5. The molecular formula is C15H22Cl2N2S. The predicted octanol–water partition coefficient (Wildman–Crippen LogP) is 4.58. The molecule has 1 aliphatic carbocycles. The first-order valence-electron chi connectivity index (χ1n) is 7.55. The Morgan fingerprint density at radius 1 is 1.35 bits per heavy atom. The molecule has 2 nitrogen and oxygen atoms in total. The second-order valence-electron chi connectivity index (χ2n) is 6.15. The first-order chi connectivity index (χ1) is 9.63. The van der Waals surface area contributed by atoms with Gasteiger partial charge in [0.1, 0.15) is 0 Å². The lowest BCUT2D eigenvalue weighted by atomic mass is 10.1. The summed E-state index contributed by atoms with van der Waals surface area (Å²) >= 11 is 13.9. The normalized spacial score (nSPS) is 24.5. The van der Waals surface area contributed by atoms with Crippen LogP contribution in [0.4, 0.5) is 0 Å². The maximum absolute atomic E-state index is 6.34. The molecule has 0 spiro atoms. The van der Waals surface area contributed by atoms with Gasteiger partial charge >= 0.3 is 0 Å². The molecule has 1 aromatic heterocycles. The fourth-order valence-corrected chi connectivity index (χ4v) is 4.69. The van der Waals surface area contributed by atoms with Crippen LogP contribution in [0.15, 0.2) is 6.07 Å². The highest BCUT2D eigenvalue weighted by molar-refractivity contribution is 7.20. The van der Waals surface area contributed by atoms with Crippen molar-refractivity contribution in [2.75, 3.05) is 19.6 Å². The van der Waals surface area contributed by atoms with Crippen LogP contribution < -0.4 is 5.32 Å². The predicted molar refractivity (Wildman–Crippen MR) is 88.1 cm³/mol. The fourth-order valence-electron chi connectivity index (χ4n) is 3.05. The minimum absolute atomic E-state index is 0.356. The minimum atomic E-state index is 0.356. The van der Waals surface area contributed by atoms with Crippen molar-refractivity contribution in [2.24, 2.45) is 5.92 Å². The Hall–Kier alpha value is 0.200. The molecule has 2 heterocycles. The van der Waals surface area contributed by atoms with Crippen LogP contribution in [0, 0.1) is 5.92 Å². The van der Waals surface area contributed by atoms with Gasteiger partial charge in [-0.3, -0.25) is 4.90 Å². The van der Waals surface area contributed by atoms with E-state index in [0.717, 1.165) is 21.1 Å². The summed E-state index contributed by atoms with van der Waals surface area (Å²) in [6.45, 7) is 5.76. The molecule has 1 saturated heterocycles. The van der Waals surface area contributed by atoms with E-state index in [9.17, 15) is 0 Å². The molecule has 2 atom stereocenters. The summed E-state index contributed by atoms with van der Waals surface area (Å²) in [4.78, 5) is 2.60. The molecular weight excluding hydrogens is 311 g/mol. The van der Waals surface area contributed by atoms with Crippen LogP contribution in [0.2, 0.25) is 8.67 Å². The van der Waals surface area contributed by atoms with E-state index in [1.807, 2.05) is 6.07 Å². The number of hydrogen-bond donors (Lipinski definition) is 1. The number of halogens is 2. The average molecular weight is 333 g/mol. The Morgan fingerprint density at radius 3 is 2.70 bits per heavy atom. The van der Waals surface area contributed by atoms with Crippen LogP contribution in [0.5, 0.6) is 0 Å². The molecule has 1 aromatic rings. The van der Waals surface area contributed by atoms with Crippen LogP contribution in [-0.2, 0) is 0 Å². The number of nitrogens with one attached hydrogen (secondary N) is 1. The van der Waals surface area contributed by atoms with E-state index in [2.05, 4.69) is 17.1 Å². The van der Waals surface area contributed by atoms with Crippen LogP contribution in [-0.4, -0.2) is 30.6 Å². The lowest BCUT2D eigenvalue weighted by Gasteiger charge is -2.31. The molecule has 0 aromatic carbocycles. The highest BCUT2D eigenvalue weighted by Gasteiger charge is 2.30. The topological polar surface area (TPSA) is 15.3 Å². The molecule has 3 rings (SSSR count). The molecule has 1 N–H and O–H groups in total. The number of thiophene rings is 1. The van der Waals surface area contributed by atoms with Crippen molar-refractivity contribution in [3.8, 4) is 0 Å². The van der Waals surface area contributed by atoms with E-state index in [4.69, 9.17) is 23.2 Å². The average Bonchev–Trinajstić information content (AvgIpc) is 2.94. The van der Waals surface area contributed by atoms with Crippen molar-refractivity contribution in [1.29, 1.82) is 0 Å². The van der Waals surface area contributed by atoms with Gasteiger partial charge < -0.3 is 5.32 Å². The van der Waals surface area contributed by atoms with E-state index in [0.29, 0.717) is 12.1 Å². The molecule has 0 bridgehead atoms. The van der Waals surface area contributed by atoms with E-state index >= 15 is 0 Å². The van der Waals surface area contributed by atoms with Crippen LogP contribution >= 0.6 is 34.5 Å². The Kier molecular flexibility index (Phi) is 4.94. The molecule has 2 fully saturated rings. The summed E-state index contributed by atoms with van der Waals surface area (Å²) in [5, 5.41) is 3.61. The first-order valence-corrected chi connectivity index (χ1v) is 9.13. The van der Waals surface area contributed by atoms with Crippen LogP contribution in [0.25, 0.3) is 0 Å². The molecule has 112 valence electrons. The molecule has 2 aliphatic rings. The third-order valence-corrected chi connectivity index (χ3v) is 6.01. The van der Waals surface area contributed by atoms with Gasteiger partial charge in [0.05, 0.1) is 8.67 Å². The largest absolute Gasteiger partial charge is 0.313 e. The lowest BCUT2D eigenvalue weighted by Crippen LogP contribution is -2.40. The Bertz CT molecular complexity index is 453. The van der Waals surface area contributed by atoms with E-state index in [-0.39, 0.29) is 0 Å². The Balaban J connectivity index is 1.70. The summed E-state index contributed by atoms with van der Waals surface area (Å²) in [6, 6.07) is 3.04. The lowest BCUT2D eigenvalue weighted by molar-refractivity contribution is 0.184. The number of hydrogen-bond acceptors (Lipinski definition) is 3. The second-order valence-corrected chi connectivity index (χ2v) is 8.43. The molecule has 5 heteroatoms. The summed E-state index contributed by atoms with van der Waals surface area (Å²) in [6.07, 6.45) is 5.38. The van der Waals surface area contributed by atoms with Gasteiger partial charge in [-0.05, 0) is 51.1 Å². The van der Waals surface area contributed by atoms with Gasteiger partial charge in [-0.15, -0.1) is 11.3 Å². The Morgan fingerprint density at radius 2 is 2.15 bits per heavy atom. The van der Waals surface area contributed by atoms with Gasteiger partial charge in [0.2, 0.25) is 0 Å². The molecule has 0 amide bonds. The van der Waals surface area contributed by atoms with Gasteiger partial charge in [-0.2, -0.15) is 0 Å². The zero-order valence-corrected chi connectivity index (χ0v) is 14.2. The molecule has 0 radical (unpaired) electrons. The summed E-state index contributed by atoms with van der Waals surface area (Å²) in [5.74, 6) is 0.895. The fraction of sp³-hybridized carbons (Fsp3) is 0.733. The summed E-state index contributed by atoms with van der Waals surface area (Å²) in [5.41, 5.74) is 1.19. The van der Waals surface area contributed by atoms with E-state index < -0.39 is 0 Å². The monoisotopic (exact) mass is 332 g/mol. The highest BCUT2D eigenvalue weighted by Crippen LogP contribution is 2.39. The zero-order chi connectivity index (χ0) is 14.1. The molecule has 1 aliphatic heterocycles. The number of rotatable bonds is 6. The third-order valence-electron chi connectivity index (χ3n) is 4.49. The SMILES string of the molecule is CC(c1cc(Cl)sc1Cl)N(CC1CC1)CC1CCCN1. The van der Waals surface area contributed by atoms with E-state index in [1.54, 1.807) is 0 Å².